The normalized spacial score (nSPS) is 16.4. The second kappa shape index (κ2) is 7.14. The number of rotatable bonds is 5. The van der Waals surface area contributed by atoms with E-state index in [9.17, 15) is 0 Å². The van der Waals surface area contributed by atoms with Crippen molar-refractivity contribution in [3.63, 3.8) is 0 Å². The van der Waals surface area contributed by atoms with Crippen LogP contribution in [0.2, 0.25) is 0 Å². The van der Waals surface area contributed by atoms with Crippen LogP contribution in [0.25, 0.3) is 0 Å². The van der Waals surface area contributed by atoms with Crippen molar-refractivity contribution in [1.29, 1.82) is 0 Å². The first kappa shape index (κ1) is 16.7. The molecule has 4 heteroatoms. The number of ether oxygens (including phenoxy) is 3. The fraction of sp³-hybridized carbons (Fsp3) is 0.400. The van der Waals surface area contributed by atoms with E-state index in [4.69, 9.17) is 14.2 Å². The average molecular weight is 327 g/mol. The van der Waals surface area contributed by atoms with Crippen molar-refractivity contribution in [3.05, 3.63) is 52.6 Å². The molecule has 2 aromatic rings. The van der Waals surface area contributed by atoms with Gasteiger partial charge in [0.15, 0.2) is 11.5 Å². The summed E-state index contributed by atoms with van der Waals surface area (Å²) in [4.78, 5) is 0. The lowest BCUT2D eigenvalue weighted by molar-refractivity contribution is 0.348. The van der Waals surface area contributed by atoms with Crippen LogP contribution >= 0.6 is 0 Å². The van der Waals surface area contributed by atoms with Gasteiger partial charge in [-0.2, -0.15) is 0 Å². The number of hydrogen-bond donors (Lipinski definition) is 1. The summed E-state index contributed by atoms with van der Waals surface area (Å²) in [5.74, 6) is 2.55. The molecule has 0 spiro atoms. The Bertz CT molecular complexity index is 727. The molecule has 0 bridgehead atoms. The lowest BCUT2D eigenvalue weighted by Crippen LogP contribution is -2.31. The molecule has 0 saturated heterocycles. The number of nitrogens with one attached hydrogen (secondary N) is 1. The predicted molar refractivity (Wildman–Crippen MR) is 95.5 cm³/mol. The molecule has 1 unspecified atom stereocenters. The molecule has 1 atom stereocenters. The van der Waals surface area contributed by atoms with Crippen molar-refractivity contribution in [1.82, 2.24) is 5.32 Å². The van der Waals surface area contributed by atoms with Gasteiger partial charge in [-0.25, -0.2) is 0 Å². The van der Waals surface area contributed by atoms with Gasteiger partial charge in [-0.15, -0.1) is 0 Å². The molecule has 0 saturated carbocycles. The molecule has 24 heavy (non-hydrogen) atoms. The molecule has 1 heterocycles. The fourth-order valence-electron chi connectivity index (χ4n) is 3.48. The first-order chi connectivity index (χ1) is 11.7. The molecule has 0 amide bonds. The van der Waals surface area contributed by atoms with Crippen LogP contribution < -0.4 is 19.5 Å². The highest BCUT2D eigenvalue weighted by Crippen LogP contribution is 2.41. The highest BCUT2D eigenvalue weighted by molar-refractivity contribution is 5.56. The third-order valence-corrected chi connectivity index (χ3v) is 4.74. The SMILES string of the molecule is CCc1ccc(C2NCCc3c2ccc(OC)c3OC)c(OC)c1. The van der Waals surface area contributed by atoms with Crippen molar-refractivity contribution >= 4 is 0 Å². The van der Waals surface area contributed by atoms with Crippen LogP contribution in [0.4, 0.5) is 0 Å². The van der Waals surface area contributed by atoms with Gasteiger partial charge in [0.25, 0.3) is 0 Å². The summed E-state index contributed by atoms with van der Waals surface area (Å²) in [6, 6.07) is 10.7. The molecule has 1 N–H and O–H groups in total. The summed E-state index contributed by atoms with van der Waals surface area (Å²) in [6.07, 6.45) is 1.91. The van der Waals surface area contributed by atoms with Crippen LogP contribution in [0.1, 0.15) is 35.2 Å². The van der Waals surface area contributed by atoms with Crippen LogP contribution in [0.3, 0.4) is 0 Å². The number of methoxy groups -OCH3 is 3. The number of hydrogen-bond acceptors (Lipinski definition) is 4. The molecule has 2 aromatic carbocycles. The first-order valence-electron chi connectivity index (χ1n) is 8.37. The van der Waals surface area contributed by atoms with E-state index in [1.54, 1.807) is 21.3 Å². The molecule has 3 rings (SSSR count). The van der Waals surface area contributed by atoms with E-state index >= 15 is 0 Å². The molecular formula is C20H25NO3. The Morgan fingerprint density at radius 3 is 2.38 bits per heavy atom. The van der Waals surface area contributed by atoms with E-state index in [-0.39, 0.29) is 6.04 Å². The minimum absolute atomic E-state index is 0.0920. The van der Waals surface area contributed by atoms with E-state index in [0.717, 1.165) is 42.2 Å². The standard InChI is InChI=1S/C20H25NO3/c1-5-13-6-7-16(18(12-13)23-3)19-14-8-9-17(22-2)20(24-4)15(14)10-11-21-19/h6-9,12,19,21H,5,10-11H2,1-4H3. The molecule has 0 aliphatic carbocycles. The minimum atomic E-state index is 0.0920. The molecular weight excluding hydrogens is 302 g/mol. The van der Waals surface area contributed by atoms with Crippen molar-refractivity contribution < 1.29 is 14.2 Å². The van der Waals surface area contributed by atoms with Crippen LogP contribution in [-0.4, -0.2) is 27.9 Å². The smallest absolute Gasteiger partial charge is 0.164 e. The summed E-state index contributed by atoms with van der Waals surface area (Å²) in [5.41, 5.74) is 4.87. The second-order valence-corrected chi connectivity index (χ2v) is 5.94. The van der Waals surface area contributed by atoms with Gasteiger partial charge >= 0.3 is 0 Å². The zero-order valence-electron chi connectivity index (χ0n) is 14.8. The Kier molecular flexibility index (Phi) is 4.95. The first-order valence-corrected chi connectivity index (χ1v) is 8.37. The molecule has 1 aliphatic rings. The van der Waals surface area contributed by atoms with Gasteiger partial charge in [-0.05, 0) is 36.1 Å². The van der Waals surface area contributed by atoms with Gasteiger partial charge in [0.2, 0.25) is 0 Å². The van der Waals surface area contributed by atoms with E-state index in [1.165, 1.54) is 16.7 Å². The van der Waals surface area contributed by atoms with Gasteiger partial charge in [0.1, 0.15) is 5.75 Å². The predicted octanol–water partition coefficient (Wildman–Crippen LogP) is 3.51. The van der Waals surface area contributed by atoms with Crippen molar-refractivity contribution in [2.45, 2.75) is 25.8 Å². The zero-order chi connectivity index (χ0) is 17.1. The average Bonchev–Trinajstić information content (AvgIpc) is 2.65. The third kappa shape index (κ3) is 2.82. The maximum absolute atomic E-state index is 5.66. The summed E-state index contributed by atoms with van der Waals surface area (Å²) < 4.78 is 16.7. The Morgan fingerprint density at radius 1 is 0.958 bits per heavy atom. The van der Waals surface area contributed by atoms with Crippen molar-refractivity contribution in [3.8, 4) is 17.2 Å². The minimum Gasteiger partial charge on any atom is -0.496 e. The fourth-order valence-corrected chi connectivity index (χ4v) is 3.48. The third-order valence-electron chi connectivity index (χ3n) is 4.74. The highest BCUT2D eigenvalue weighted by atomic mass is 16.5. The van der Waals surface area contributed by atoms with Gasteiger partial charge < -0.3 is 19.5 Å². The summed E-state index contributed by atoms with van der Waals surface area (Å²) in [5, 5.41) is 3.62. The van der Waals surface area contributed by atoms with Crippen molar-refractivity contribution in [2.24, 2.45) is 0 Å². The Morgan fingerprint density at radius 2 is 1.71 bits per heavy atom. The quantitative estimate of drug-likeness (QED) is 0.912. The van der Waals surface area contributed by atoms with E-state index in [1.807, 2.05) is 6.07 Å². The number of aryl methyl sites for hydroxylation is 1. The maximum Gasteiger partial charge on any atom is 0.164 e. The van der Waals surface area contributed by atoms with Gasteiger partial charge in [0.05, 0.1) is 27.4 Å². The number of fused-ring (bicyclic) bond motifs is 1. The lowest BCUT2D eigenvalue weighted by Gasteiger charge is -2.30. The summed E-state index contributed by atoms with van der Waals surface area (Å²) >= 11 is 0. The zero-order valence-corrected chi connectivity index (χ0v) is 14.8. The monoisotopic (exact) mass is 327 g/mol. The van der Waals surface area contributed by atoms with Crippen LogP contribution in [0.5, 0.6) is 17.2 Å². The number of benzene rings is 2. The van der Waals surface area contributed by atoms with Gasteiger partial charge in [-0.1, -0.05) is 25.1 Å². The van der Waals surface area contributed by atoms with Gasteiger partial charge in [0, 0.05) is 17.7 Å². The molecule has 128 valence electrons. The highest BCUT2D eigenvalue weighted by Gasteiger charge is 2.27. The summed E-state index contributed by atoms with van der Waals surface area (Å²) in [6.45, 7) is 3.04. The lowest BCUT2D eigenvalue weighted by atomic mass is 9.88. The second-order valence-electron chi connectivity index (χ2n) is 5.94. The molecule has 4 nitrogen and oxygen atoms in total. The Labute approximate surface area is 143 Å². The Balaban J connectivity index is 2.10. The molecule has 0 fully saturated rings. The van der Waals surface area contributed by atoms with Crippen molar-refractivity contribution in [2.75, 3.05) is 27.9 Å². The van der Waals surface area contributed by atoms with Crippen LogP contribution in [0, 0.1) is 0 Å². The molecule has 0 radical (unpaired) electrons. The van der Waals surface area contributed by atoms with E-state index in [0.29, 0.717) is 0 Å². The Hall–Kier alpha value is -2.20. The topological polar surface area (TPSA) is 39.7 Å². The maximum atomic E-state index is 5.66. The van der Waals surface area contributed by atoms with E-state index in [2.05, 4.69) is 36.5 Å². The van der Waals surface area contributed by atoms with Gasteiger partial charge in [-0.3, -0.25) is 0 Å². The van der Waals surface area contributed by atoms with Crippen LogP contribution in [0.15, 0.2) is 30.3 Å². The molecule has 1 aliphatic heterocycles. The molecule has 0 aromatic heterocycles. The van der Waals surface area contributed by atoms with Crippen LogP contribution in [-0.2, 0) is 12.8 Å². The largest absolute Gasteiger partial charge is 0.496 e. The summed E-state index contributed by atoms with van der Waals surface area (Å²) in [7, 11) is 5.11. The van der Waals surface area contributed by atoms with E-state index < -0.39 is 0 Å².